The van der Waals surface area contributed by atoms with Crippen molar-refractivity contribution >= 4 is 14.0 Å². The molecule has 0 radical (unpaired) electrons. The zero-order valence-electron chi connectivity index (χ0n) is 13.8. The Morgan fingerprint density at radius 3 is 2.17 bits per heavy atom. The molecule has 0 aliphatic carbocycles. The minimum Gasteiger partial charge on any atom is -0.461 e. The number of rotatable bonds is 9. The van der Waals surface area contributed by atoms with Crippen molar-refractivity contribution in [3.05, 3.63) is 71.8 Å². The van der Waals surface area contributed by atoms with Gasteiger partial charge in [0.15, 0.2) is 8.03 Å². The van der Waals surface area contributed by atoms with Gasteiger partial charge in [-0.15, -0.1) is 0 Å². The van der Waals surface area contributed by atoms with Gasteiger partial charge in [0.1, 0.15) is 6.61 Å². The second-order valence-electron chi connectivity index (χ2n) is 5.59. The van der Waals surface area contributed by atoms with Crippen LogP contribution in [-0.2, 0) is 31.6 Å². The largest absolute Gasteiger partial charge is 0.461 e. The van der Waals surface area contributed by atoms with E-state index in [9.17, 15) is 9.36 Å². The zero-order chi connectivity index (χ0) is 17.2. The molecule has 128 valence electrons. The third kappa shape index (κ3) is 6.31. The lowest BCUT2D eigenvalue weighted by Gasteiger charge is -2.15. The lowest BCUT2D eigenvalue weighted by Crippen LogP contribution is -2.21. The van der Waals surface area contributed by atoms with Gasteiger partial charge in [-0.3, -0.25) is 9.36 Å². The van der Waals surface area contributed by atoms with E-state index in [1.54, 1.807) is 0 Å². The fourth-order valence-corrected chi connectivity index (χ4v) is 3.36. The molecule has 0 N–H and O–H groups in total. The first-order valence-corrected chi connectivity index (χ1v) is 9.52. The van der Waals surface area contributed by atoms with Gasteiger partial charge in [-0.05, 0) is 24.0 Å². The maximum absolute atomic E-state index is 12.4. The van der Waals surface area contributed by atoms with Crippen LogP contribution in [0.25, 0.3) is 0 Å². The third-order valence-electron chi connectivity index (χ3n) is 3.82. The minimum atomic E-state index is -2.21. The summed E-state index contributed by atoms with van der Waals surface area (Å²) >= 11 is 0. The molecule has 2 atom stereocenters. The van der Waals surface area contributed by atoms with E-state index in [1.165, 1.54) is 7.11 Å². The van der Waals surface area contributed by atoms with Gasteiger partial charge in [0.05, 0.1) is 5.92 Å². The van der Waals surface area contributed by atoms with Crippen LogP contribution in [0.3, 0.4) is 0 Å². The molecule has 0 saturated heterocycles. The first-order chi connectivity index (χ1) is 11.7. The molecular weight excluding hydrogens is 323 g/mol. The van der Waals surface area contributed by atoms with Gasteiger partial charge in [-0.1, -0.05) is 60.7 Å². The fraction of sp³-hybridized carbons (Fsp3) is 0.316. The Kier molecular flexibility index (Phi) is 7.73. The Bertz CT molecular complexity index is 643. The normalized spacial score (nSPS) is 13.2. The molecule has 0 spiro atoms. The molecule has 2 aromatic carbocycles. The van der Waals surface area contributed by atoms with Gasteiger partial charge in [-0.25, -0.2) is 0 Å². The smallest absolute Gasteiger partial charge is 0.309 e. The molecule has 5 heteroatoms. The van der Waals surface area contributed by atoms with Gasteiger partial charge in [0, 0.05) is 13.3 Å². The summed E-state index contributed by atoms with van der Waals surface area (Å²) in [5.41, 5.74) is 2.09. The van der Waals surface area contributed by atoms with E-state index in [-0.39, 0.29) is 18.7 Å². The Morgan fingerprint density at radius 2 is 1.58 bits per heavy atom. The average molecular weight is 346 g/mol. The number of carbonyl (C=O) groups excluding carboxylic acids is 1. The molecule has 2 unspecified atom stereocenters. The van der Waals surface area contributed by atoms with Crippen molar-refractivity contribution in [1.29, 1.82) is 0 Å². The minimum absolute atomic E-state index is 0.224. The first kappa shape index (κ1) is 18.4. The van der Waals surface area contributed by atoms with Crippen molar-refractivity contribution in [2.75, 3.05) is 13.3 Å². The molecule has 0 heterocycles. The predicted octanol–water partition coefficient (Wildman–Crippen LogP) is 4.10. The van der Waals surface area contributed by atoms with Crippen molar-refractivity contribution in [1.82, 2.24) is 0 Å². The number of ether oxygens (including phenoxy) is 1. The van der Waals surface area contributed by atoms with Crippen LogP contribution in [0.1, 0.15) is 17.5 Å². The number of esters is 1. The SMILES string of the molecule is CO[PH](=O)CC(CCc1ccccc1)C(=O)OCc1ccccc1. The molecule has 0 bridgehead atoms. The van der Waals surface area contributed by atoms with E-state index >= 15 is 0 Å². The van der Waals surface area contributed by atoms with Crippen molar-refractivity contribution in [3.8, 4) is 0 Å². The highest BCUT2D eigenvalue weighted by atomic mass is 31.1. The molecule has 0 aliphatic rings. The summed E-state index contributed by atoms with van der Waals surface area (Å²) in [4.78, 5) is 12.4. The fourth-order valence-electron chi connectivity index (χ4n) is 2.42. The quantitative estimate of drug-likeness (QED) is 0.507. The molecule has 4 nitrogen and oxygen atoms in total. The molecule has 2 aromatic rings. The molecule has 2 rings (SSSR count). The van der Waals surface area contributed by atoms with E-state index in [4.69, 9.17) is 9.26 Å². The van der Waals surface area contributed by atoms with E-state index in [0.717, 1.165) is 17.5 Å². The third-order valence-corrected chi connectivity index (χ3v) is 5.10. The van der Waals surface area contributed by atoms with Gasteiger partial charge in [0.25, 0.3) is 0 Å². The van der Waals surface area contributed by atoms with Crippen LogP contribution >= 0.6 is 8.03 Å². The number of hydrogen-bond acceptors (Lipinski definition) is 4. The van der Waals surface area contributed by atoms with E-state index in [1.807, 2.05) is 60.7 Å². The van der Waals surface area contributed by atoms with Gasteiger partial charge < -0.3 is 9.26 Å². The van der Waals surface area contributed by atoms with E-state index in [2.05, 4.69) is 0 Å². The number of carbonyl (C=O) groups is 1. The number of aryl methyl sites for hydroxylation is 1. The van der Waals surface area contributed by atoms with Crippen molar-refractivity contribution < 1.29 is 18.6 Å². The molecule has 0 saturated carbocycles. The van der Waals surface area contributed by atoms with Crippen molar-refractivity contribution in [2.24, 2.45) is 5.92 Å². The molecule has 0 aliphatic heterocycles. The van der Waals surface area contributed by atoms with Crippen LogP contribution in [0, 0.1) is 5.92 Å². The summed E-state index contributed by atoms with van der Waals surface area (Å²) < 4.78 is 22.1. The number of benzene rings is 2. The highest BCUT2D eigenvalue weighted by Gasteiger charge is 2.22. The lowest BCUT2D eigenvalue weighted by atomic mass is 10.0. The lowest BCUT2D eigenvalue weighted by molar-refractivity contribution is -0.149. The van der Waals surface area contributed by atoms with Gasteiger partial charge in [0.2, 0.25) is 0 Å². The summed E-state index contributed by atoms with van der Waals surface area (Å²) in [6.45, 7) is 0.232. The summed E-state index contributed by atoms with van der Waals surface area (Å²) in [5, 5.41) is 0. The summed E-state index contributed by atoms with van der Waals surface area (Å²) in [6, 6.07) is 19.5. The highest BCUT2D eigenvalue weighted by Crippen LogP contribution is 2.27. The highest BCUT2D eigenvalue weighted by molar-refractivity contribution is 7.39. The average Bonchev–Trinajstić information content (AvgIpc) is 2.64. The maximum atomic E-state index is 12.4. The molecular formula is C19H23O4P. The standard InChI is InChI=1S/C19H23O4P/c1-22-24(21)15-18(13-12-16-8-4-2-5-9-16)19(20)23-14-17-10-6-3-7-11-17/h2-11,18,24H,12-15H2,1H3. The van der Waals surface area contributed by atoms with Gasteiger partial charge in [-0.2, -0.15) is 0 Å². The topological polar surface area (TPSA) is 52.6 Å². The van der Waals surface area contributed by atoms with E-state index in [0.29, 0.717) is 6.42 Å². The number of hydrogen-bond donors (Lipinski definition) is 0. The second kappa shape index (κ2) is 10.1. The molecule has 0 fully saturated rings. The van der Waals surface area contributed by atoms with Crippen LogP contribution in [0.15, 0.2) is 60.7 Å². The Hall–Kier alpha value is -1.90. The summed E-state index contributed by atoms with van der Waals surface area (Å²) in [7, 11) is -0.801. The Labute approximate surface area is 143 Å². The van der Waals surface area contributed by atoms with Crippen LogP contribution in [0.4, 0.5) is 0 Å². The van der Waals surface area contributed by atoms with Crippen LogP contribution in [0.2, 0.25) is 0 Å². The Balaban J connectivity index is 1.93. The second-order valence-corrected chi connectivity index (χ2v) is 7.16. The van der Waals surface area contributed by atoms with Crippen LogP contribution in [0.5, 0.6) is 0 Å². The maximum Gasteiger partial charge on any atom is 0.309 e. The Morgan fingerprint density at radius 1 is 1.00 bits per heavy atom. The first-order valence-electron chi connectivity index (χ1n) is 8.00. The molecule has 0 amide bonds. The monoisotopic (exact) mass is 346 g/mol. The molecule has 24 heavy (non-hydrogen) atoms. The molecule has 0 aromatic heterocycles. The van der Waals surface area contributed by atoms with Crippen LogP contribution in [-0.4, -0.2) is 19.2 Å². The van der Waals surface area contributed by atoms with Crippen molar-refractivity contribution in [2.45, 2.75) is 19.4 Å². The summed E-state index contributed by atoms with van der Waals surface area (Å²) in [5.74, 6) is -0.731. The van der Waals surface area contributed by atoms with Gasteiger partial charge >= 0.3 is 5.97 Å². The predicted molar refractivity (Wildman–Crippen MR) is 95.4 cm³/mol. The van der Waals surface area contributed by atoms with Crippen molar-refractivity contribution in [3.63, 3.8) is 0 Å². The summed E-state index contributed by atoms with van der Waals surface area (Å²) in [6.07, 6.45) is 1.56. The van der Waals surface area contributed by atoms with Crippen LogP contribution < -0.4 is 0 Å². The zero-order valence-corrected chi connectivity index (χ0v) is 14.8. The van der Waals surface area contributed by atoms with E-state index < -0.39 is 13.9 Å².